The molecule has 1 unspecified atom stereocenters. The summed E-state index contributed by atoms with van der Waals surface area (Å²) in [5.74, 6) is 0.931. The predicted octanol–water partition coefficient (Wildman–Crippen LogP) is 2.86. The molecule has 0 fully saturated rings. The molecule has 0 aliphatic rings. The second-order valence-electron chi connectivity index (χ2n) is 4.15. The van der Waals surface area contributed by atoms with Crippen molar-refractivity contribution in [1.82, 2.24) is 9.97 Å². The van der Waals surface area contributed by atoms with Gasteiger partial charge in [0.05, 0.1) is 9.61 Å². The molecular weight excluding hydrogens is 339 g/mol. The van der Waals surface area contributed by atoms with E-state index < -0.39 is 0 Å². The lowest BCUT2D eigenvalue weighted by atomic mass is 10.1. The van der Waals surface area contributed by atoms with Crippen molar-refractivity contribution in [2.75, 3.05) is 17.7 Å². The van der Waals surface area contributed by atoms with Gasteiger partial charge in [0.25, 0.3) is 0 Å². The highest BCUT2D eigenvalue weighted by atomic mass is 127. The zero-order valence-corrected chi connectivity index (χ0v) is 12.5. The molecule has 5 heteroatoms. The molecule has 0 amide bonds. The van der Waals surface area contributed by atoms with E-state index in [1.54, 1.807) is 6.33 Å². The van der Waals surface area contributed by atoms with Gasteiger partial charge in [0.15, 0.2) is 0 Å². The van der Waals surface area contributed by atoms with Crippen LogP contribution in [0.1, 0.15) is 18.5 Å². The molecule has 0 saturated heterocycles. The van der Waals surface area contributed by atoms with Crippen molar-refractivity contribution >= 4 is 34.1 Å². The number of halogens is 1. The second-order valence-corrected chi connectivity index (χ2v) is 5.31. The molecule has 0 saturated carbocycles. The highest BCUT2D eigenvalue weighted by Crippen LogP contribution is 2.27. The van der Waals surface area contributed by atoms with Crippen LogP contribution in [0.25, 0.3) is 0 Å². The Bertz CT molecular complexity index is 544. The van der Waals surface area contributed by atoms with Crippen molar-refractivity contribution < 1.29 is 0 Å². The van der Waals surface area contributed by atoms with E-state index in [0.29, 0.717) is 0 Å². The molecular formula is C13H15IN4. The Labute approximate surface area is 120 Å². The van der Waals surface area contributed by atoms with E-state index >= 15 is 0 Å². The lowest BCUT2D eigenvalue weighted by molar-refractivity contribution is 0.725. The van der Waals surface area contributed by atoms with Crippen LogP contribution < -0.4 is 10.6 Å². The van der Waals surface area contributed by atoms with Crippen molar-refractivity contribution in [2.24, 2.45) is 0 Å². The first-order valence-electron chi connectivity index (χ1n) is 5.63. The van der Waals surface area contributed by atoms with Crippen LogP contribution in [0, 0.1) is 3.57 Å². The third kappa shape index (κ3) is 2.72. The van der Waals surface area contributed by atoms with E-state index in [2.05, 4.69) is 50.4 Å². The molecule has 1 heterocycles. The Hall–Kier alpha value is -1.37. The number of hydrogen-bond donors (Lipinski definition) is 1. The van der Waals surface area contributed by atoms with Crippen LogP contribution >= 0.6 is 22.6 Å². The van der Waals surface area contributed by atoms with Crippen molar-refractivity contribution in [3.63, 3.8) is 0 Å². The monoisotopic (exact) mass is 354 g/mol. The molecule has 94 valence electrons. The van der Waals surface area contributed by atoms with Crippen LogP contribution in [0.3, 0.4) is 0 Å². The molecule has 1 aromatic carbocycles. The van der Waals surface area contributed by atoms with E-state index in [-0.39, 0.29) is 6.04 Å². The molecule has 0 spiro atoms. The molecule has 1 aromatic heterocycles. The fourth-order valence-corrected chi connectivity index (χ4v) is 2.47. The zero-order chi connectivity index (χ0) is 13.1. The van der Waals surface area contributed by atoms with Crippen molar-refractivity contribution in [3.05, 3.63) is 45.9 Å². The van der Waals surface area contributed by atoms with Gasteiger partial charge in [-0.2, -0.15) is 0 Å². The highest BCUT2D eigenvalue weighted by molar-refractivity contribution is 14.1. The summed E-state index contributed by atoms with van der Waals surface area (Å²) in [5, 5.41) is 0. The highest BCUT2D eigenvalue weighted by Gasteiger charge is 2.15. The smallest absolute Gasteiger partial charge is 0.145 e. The number of nitrogens with two attached hydrogens (primary N) is 1. The topological polar surface area (TPSA) is 55.0 Å². The first kappa shape index (κ1) is 13.1. The van der Waals surface area contributed by atoms with Crippen molar-refractivity contribution in [2.45, 2.75) is 13.0 Å². The molecule has 2 aromatic rings. The molecule has 2 rings (SSSR count). The number of hydrogen-bond acceptors (Lipinski definition) is 4. The van der Waals surface area contributed by atoms with Crippen LogP contribution in [0.15, 0.2) is 36.8 Å². The lowest BCUT2D eigenvalue weighted by Gasteiger charge is -2.27. The van der Waals surface area contributed by atoms with Gasteiger partial charge in [-0.1, -0.05) is 12.1 Å². The minimum Gasteiger partial charge on any atom is -0.399 e. The summed E-state index contributed by atoms with van der Waals surface area (Å²) >= 11 is 2.24. The minimum atomic E-state index is 0.205. The van der Waals surface area contributed by atoms with Crippen LogP contribution in [-0.4, -0.2) is 17.0 Å². The van der Waals surface area contributed by atoms with Gasteiger partial charge in [-0.3, -0.25) is 0 Å². The maximum Gasteiger partial charge on any atom is 0.145 e. The molecule has 0 radical (unpaired) electrons. The summed E-state index contributed by atoms with van der Waals surface area (Å²) in [6.45, 7) is 2.13. The average Bonchev–Trinajstić information content (AvgIpc) is 2.37. The van der Waals surface area contributed by atoms with Gasteiger partial charge in [-0.15, -0.1) is 0 Å². The van der Waals surface area contributed by atoms with E-state index in [1.165, 1.54) is 5.56 Å². The van der Waals surface area contributed by atoms with E-state index in [9.17, 15) is 0 Å². The Morgan fingerprint density at radius 1 is 1.39 bits per heavy atom. The van der Waals surface area contributed by atoms with E-state index in [4.69, 9.17) is 5.73 Å². The second kappa shape index (κ2) is 5.51. The van der Waals surface area contributed by atoms with Crippen LogP contribution in [0.2, 0.25) is 0 Å². The normalized spacial score (nSPS) is 12.2. The fourth-order valence-electron chi connectivity index (χ4n) is 1.79. The lowest BCUT2D eigenvalue weighted by Crippen LogP contribution is -2.23. The predicted molar refractivity (Wildman–Crippen MR) is 82.4 cm³/mol. The number of nitrogens with zero attached hydrogens (tertiary/aromatic N) is 3. The largest absolute Gasteiger partial charge is 0.399 e. The molecule has 4 nitrogen and oxygen atoms in total. The number of anilines is 2. The van der Waals surface area contributed by atoms with Crippen molar-refractivity contribution in [3.8, 4) is 0 Å². The Kier molecular flexibility index (Phi) is 4.00. The van der Waals surface area contributed by atoms with E-state index in [0.717, 1.165) is 15.1 Å². The number of benzene rings is 1. The first-order chi connectivity index (χ1) is 8.59. The maximum absolute atomic E-state index is 5.82. The van der Waals surface area contributed by atoms with Crippen LogP contribution in [-0.2, 0) is 0 Å². The molecule has 2 N–H and O–H groups in total. The van der Waals surface area contributed by atoms with Gasteiger partial charge in [0.2, 0.25) is 0 Å². The Morgan fingerprint density at radius 3 is 2.83 bits per heavy atom. The summed E-state index contributed by atoms with van der Waals surface area (Å²) in [4.78, 5) is 10.5. The number of nitrogen functional groups attached to an aromatic ring is 1. The summed E-state index contributed by atoms with van der Waals surface area (Å²) in [7, 11) is 2.03. The third-order valence-corrected chi connectivity index (χ3v) is 3.72. The van der Waals surface area contributed by atoms with Gasteiger partial charge in [-0.05, 0) is 47.2 Å². The van der Waals surface area contributed by atoms with Crippen molar-refractivity contribution in [1.29, 1.82) is 0 Å². The van der Waals surface area contributed by atoms with Gasteiger partial charge in [0, 0.05) is 18.9 Å². The first-order valence-corrected chi connectivity index (χ1v) is 6.71. The maximum atomic E-state index is 5.82. The van der Waals surface area contributed by atoms with Crippen LogP contribution in [0.4, 0.5) is 11.5 Å². The van der Waals surface area contributed by atoms with Gasteiger partial charge < -0.3 is 10.6 Å². The molecule has 0 aliphatic carbocycles. The van der Waals surface area contributed by atoms with Gasteiger partial charge in [-0.25, -0.2) is 9.97 Å². The summed E-state index contributed by atoms with van der Waals surface area (Å²) in [6.07, 6.45) is 3.38. The SMILES string of the molecule is CC(c1cccc(N)c1)N(C)c1ncncc1I. The standard InChI is InChI=1S/C13H15IN4/c1-9(10-4-3-5-11(15)6-10)18(2)13-12(14)7-16-8-17-13/h3-9H,15H2,1-2H3. The number of rotatable bonds is 3. The minimum absolute atomic E-state index is 0.205. The summed E-state index contributed by atoms with van der Waals surface area (Å²) < 4.78 is 1.04. The van der Waals surface area contributed by atoms with E-state index in [1.807, 2.05) is 31.4 Å². The fraction of sp³-hybridized carbons (Fsp3) is 0.231. The molecule has 1 atom stereocenters. The molecule has 18 heavy (non-hydrogen) atoms. The quantitative estimate of drug-likeness (QED) is 0.680. The average molecular weight is 354 g/mol. The third-order valence-electron chi connectivity index (χ3n) is 2.96. The summed E-state index contributed by atoms with van der Waals surface area (Å²) in [5.41, 5.74) is 7.78. The zero-order valence-electron chi connectivity index (χ0n) is 10.3. The van der Waals surface area contributed by atoms with Crippen LogP contribution in [0.5, 0.6) is 0 Å². The number of aromatic nitrogens is 2. The molecule has 0 bridgehead atoms. The Balaban J connectivity index is 2.29. The molecule has 0 aliphatic heterocycles. The Morgan fingerprint density at radius 2 is 2.17 bits per heavy atom. The van der Waals surface area contributed by atoms with Gasteiger partial charge in [0.1, 0.15) is 12.1 Å². The summed E-state index contributed by atoms with van der Waals surface area (Å²) in [6, 6.07) is 8.14. The van der Waals surface area contributed by atoms with Gasteiger partial charge >= 0.3 is 0 Å².